The van der Waals surface area contributed by atoms with Crippen molar-refractivity contribution in [3.63, 3.8) is 0 Å². The molecule has 0 atom stereocenters. The van der Waals surface area contributed by atoms with Crippen LogP contribution in [0, 0.1) is 5.82 Å². The number of urea groups is 1. The Bertz CT molecular complexity index is 722. The largest absolute Gasteiger partial charge is 0.495 e. The van der Waals surface area contributed by atoms with Gasteiger partial charge in [-0.05, 0) is 48.7 Å². The van der Waals surface area contributed by atoms with Crippen molar-refractivity contribution in [2.45, 2.75) is 26.2 Å². The van der Waals surface area contributed by atoms with Gasteiger partial charge in [0.15, 0.2) is 0 Å². The van der Waals surface area contributed by atoms with Crippen molar-refractivity contribution in [2.24, 2.45) is 0 Å². The molecule has 2 rings (SSSR count). The van der Waals surface area contributed by atoms with Gasteiger partial charge in [-0.1, -0.05) is 13.3 Å². The van der Waals surface area contributed by atoms with E-state index in [1.165, 1.54) is 18.3 Å². The van der Waals surface area contributed by atoms with Crippen molar-refractivity contribution in [3.8, 4) is 5.75 Å². The SMILES string of the molecule is CCCCN(CCc1cc(N)ccc1F)C(=O)Nc1ccc(OC)cn1. The number of nitrogens with zero attached hydrogens (tertiary/aromatic N) is 2. The fraction of sp³-hybridized carbons (Fsp3) is 0.368. The minimum Gasteiger partial charge on any atom is -0.495 e. The second-order valence-electron chi connectivity index (χ2n) is 5.95. The van der Waals surface area contributed by atoms with Gasteiger partial charge in [0.05, 0.1) is 13.3 Å². The van der Waals surface area contributed by atoms with E-state index in [1.807, 2.05) is 0 Å². The number of aromatic nitrogens is 1. The molecule has 0 fully saturated rings. The highest BCUT2D eigenvalue weighted by Crippen LogP contribution is 2.15. The number of benzene rings is 1. The molecule has 0 bridgehead atoms. The summed E-state index contributed by atoms with van der Waals surface area (Å²) in [7, 11) is 1.55. The summed E-state index contributed by atoms with van der Waals surface area (Å²) in [5, 5.41) is 2.77. The van der Waals surface area contributed by atoms with E-state index in [2.05, 4.69) is 17.2 Å². The Morgan fingerprint density at radius 2 is 2.12 bits per heavy atom. The number of halogens is 1. The second-order valence-corrected chi connectivity index (χ2v) is 5.95. The number of ether oxygens (including phenoxy) is 1. The number of hydrogen-bond acceptors (Lipinski definition) is 4. The van der Waals surface area contributed by atoms with E-state index >= 15 is 0 Å². The Morgan fingerprint density at radius 3 is 2.77 bits per heavy atom. The zero-order chi connectivity index (χ0) is 18.9. The van der Waals surface area contributed by atoms with E-state index in [-0.39, 0.29) is 11.8 Å². The predicted octanol–water partition coefficient (Wildman–Crippen LogP) is 3.69. The van der Waals surface area contributed by atoms with Crippen molar-refractivity contribution in [2.75, 3.05) is 31.2 Å². The van der Waals surface area contributed by atoms with Gasteiger partial charge < -0.3 is 15.4 Å². The first kappa shape index (κ1) is 19.5. The fourth-order valence-electron chi connectivity index (χ4n) is 2.47. The standard InChI is InChI=1S/C19H25FN4O2/c1-3-4-10-24(11-9-14-12-15(21)5-7-17(14)20)19(25)23-18-8-6-16(26-2)13-22-18/h5-8,12-13H,3-4,9-11,21H2,1-2H3,(H,22,23,25). The highest BCUT2D eigenvalue weighted by Gasteiger charge is 2.15. The van der Waals surface area contributed by atoms with Crippen molar-refractivity contribution in [1.82, 2.24) is 9.88 Å². The highest BCUT2D eigenvalue weighted by molar-refractivity contribution is 5.88. The fourth-order valence-corrected chi connectivity index (χ4v) is 2.47. The molecule has 1 aromatic heterocycles. The van der Waals surface area contributed by atoms with Crippen LogP contribution in [0.2, 0.25) is 0 Å². The molecule has 140 valence electrons. The van der Waals surface area contributed by atoms with E-state index in [9.17, 15) is 9.18 Å². The summed E-state index contributed by atoms with van der Waals surface area (Å²) in [4.78, 5) is 18.4. The molecule has 0 aliphatic rings. The number of nitrogens with one attached hydrogen (secondary N) is 1. The van der Waals surface area contributed by atoms with Crippen molar-refractivity contribution >= 4 is 17.5 Å². The lowest BCUT2D eigenvalue weighted by Crippen LogP contribution is -2.37. The van der Waals surface area contributed by atoms with E-state index in [0.717, 1.165) is 12.8 Å². The van der Waals surface area contributed by atoms with Crippen molar-refractivity contribution in [3.05, 3.63) is 47.9 Å². The molecule has 6 nitrogen and oxygen atoms in total. The van der Waals surface area contributed by atoms with E-state index in [0.29, 0.717) is 42.3 Å². The maximum absolute atomic E-state index is 13.9. The molecular formula is C19H25FN4O2. The molecule has 0 radical (unpaired) electrons. The maximum atomic E-state index is 13.9. The lowest BCUT2D eigenvalue weighted by atomic mass is 10.1. The first-order valence-electron chi connectivity index (χ1n) is 8.63. The maximum Gasteiger partial charge on any atom is 0.323 e. The van der Waals surface area contributed by atoms with Crippen LogP contribution in [0.25, 0.3) is 0 Å². The van der Waals surface area contributed by atoms with E-state index in [4.69, 9.17) is 10.5 Å². The van der Waals surface area contributed by atoms with Gasteiger partial charge in [-0.2, -0.15) is 0 Å². The molecule has 1 aromatic carbocycles. The van der Waals surface area contributed by atoms with Gasteiger partial charge in [0.1, 0.15) is 17.4 Å². The molecule has 26 heavy (non-hydrogen) atoms. The molecule has 1 heterocycles. The molecule has 3 N–H and O–H groups in total. The number of anilines is 2. The average Bonchev–Trinajstić information content (AvgIpc) is 2.65. The number of nitrogen functional groups attached to an aromatic ring is 1. The number of rotatable bonds is 8. The van der Waals surface area contributed by atoms with Crippen LogP contribution in [0.4, 0.5) is 20.7 Å². The summed E-state index contributed by atoms with van der Waals surface area (Å²) in [6.07, 6.45) is 3.75. The van der Waals surface area contributed by atoms with Crippen LogP contribution >= 0.6 is 0 Å². The first-order chi connectivity index (χ1) is 12.5. The Hall–Kier alpha value is -2.83. The lowest BCUT2D eigenvalue weighted by molar-refractivity contribution is 0.211. The second kappa shape index (κ2) is 9.60. The number of methoxy groups -OCH3 is 1. The van der Waals surface area contributed by atoms with Crippen LogP contribution < -0.4 is 15.8 Å². The Labute approximate surface area is 153 Å². The van der Waals surface area contributed by atoms with Crippen LogP contribution in [0.3, 0.4) is 0 Å². The minimum absolute atomic E-state index is 0.263. The molecule has 2 amide bonds. The molecule has 0 aliphatic heterocycles. The summed E-state index contributed by atoms with van der Waals surface area (Å²) >= 11 is 0. The zero-order valence-corrected chi connectivity index (χ0v) is 15.2. The van der Waals surface area contributed by atoms with Crippen LogP contribution in [0.1, 0.15) is 25.3 Å². The number of nitrogens with two attached hydrogens (primary N) is 1. The van der Waals surface area contributed by atoms with Gasteiger partial charge in [0.25, 0.3) is 0 Å². The molecule has 0 unspecified atom stereocenters. The number of carbonyl (C=O) groups excluding carboxylic acids is 1. The van der Waals surface area contributed by atoms with Gasteiger partial charge in [-0.15, -0.1) is 0 Å². The average molecular weight is 360 g/mol. The first-order valence-corrected chi connectivity index (χ1v) is 8.63. The van der Waals surface area contributed by atoms with E-state index < -0.39 is 0 Å². The molecular weight excluding hydrogens is 335 g/mol. The van der Waals surface area contributed by atoms with E-state index in [1.54, 1.807) is 30.2 Å². The molecule has 0 saturated heterocycles. The number of pyridine rings is 1. The number of carbonyl (C=O) groups is 1. The molecule has 7 heteroatoms. The van der Waals surface area contributed by atoms with Gasteiger partial charge in [0.2, 0.25) is 0 Å². The lowest BCUT2D eigenvalue weighted by Gasteiger charge is -2.23. The summed E-state index contributed by atoms with van der Waals surface area (Å²) in [5.74, 6) is 0.738. The van der Waals surface area contributed by atoms with Gasteiger partial charge >= 0.3 is 6.03 Å². The quantitative estimate of drug-likeness (QED) is 0.704. The van der Waals surface area contributed by atoms with Crippen molar-refractivity contribution in [1.29, 1.82) is 0 Å². The summed E-state index contributed by atoms with van der Waals surface area (Å²) in [5.41, 5.74) is 6.73. The number of unbranched alkanes of at least 4 members (excludes halogenated alkanes) is 1. The smallest absolute Gasteiger partial charge is 0.323 e. The Balaban J connectivity index is 2.02. The third-order valence-electron chi connectivity index (χ3n) is 4.00. The normalized spacial score (nSPS) is 10.4. The molecule has 0 saturated carbocycles. The number of hydrogen-bond donors (Lipinski definition) is 2. The van der Waals surface area contributed by atoms with Crippen LogP contribution in [0.5, 0.6) is 5.75 Å². The summed E-state index contributed by atoms with van der Waals surface area (Å²) in [6, 6.07) is 7.61. The van der Waals surface area contributed by atoms with Crippen molar-refractivity contribution < 1.29 is 13.9 Å². The van der Waals surface area contributed by atoms with Gasteiger partial charge in [-0.3, -0.25) is 5.32 Å². The number of amides is 2. The van der Waals surface area contributed by atoms with Crippen LogP contribution in [-0.4, -0.2) is 36.1 Å². The highest BCUT2D eigenvalue weighted by atomic mass is 19.1. The summed E-state index contributed by atoms with van der Waals surface area (Å²) < 4.78 is 18.9. The zero-order valence-electron chi connectivity index (χ0n) is 15.2. The van der Waals surface area contributed by atoms with Gasteiger partial charge in [-0.25, -0.2) is 14.2 Å². The van der Waals surface area contributed by atoms with Gasteiger partial charge in [0, 0.05) is 18.8 Å². The van der Waals surface area contributed by atoms with Crippen LogP contribution in [-0.2, 0) is 6.42 Å². The monoisotopic (exact) mass is 360 g/mol. The predicted molar refractivity (Wildman–Crippen MR) is 101 cm³/mol. The molecule has 2 aromatic rings. The van der Waals surface area contributed by atoms with Crippen LogP contribution in [0.15, 0.2) is 36.5 Å². The third kappa shape index (κ3) is 5.61. The Kier molecular flexibility index (Phi) is 7.20. The Morgan fingerprint density at radius 1 is 1.31 bits per heavy atom. The minimum atomic E-state index is -0.313. The topological polar surface area (TPSA) is 80.5 Å². The third-order valence-corrected chi connectivity index (χ3v) is 4.00. The molecule has 0 spiro atoms. The summed E-state index contributed by atoms with van der Waals surface area (Å²) in [6.45, 7) is 3.03. The molecule has 0 aliphatic carbocycles.